The van der Waals surface area contributed by atoms with Crippen LogP contribution in [-0.4, -0.2) is 17.2 Å². The van der Waals surface area contributed by atoms with Crippen LogP contribution in [0, 0.1) is 0 Å². The van der Waals surface area contributed by atoms with E-state index >= 15 is 0 Å². The molecule has 0 aromatic rings. The number of aliphatic hydroxyl groups is 1. The molecule has 46 valence electrons. The summed E-state index contributed by atoms with van der Waals surface area (Å²) in [5.74, 6) is -1.38. The van der Waals surface area contributed by atoms with Gasteiger partial charge in [0.15, 0.2) is 0 Å². The van der Waals surface area contributed by atoms with E-state index in [4.69, 9.17) is 10.6 Å². The van der Waals surface area contributed by atoms with Crippen molar-refractivity contribution in [1.29, 1.82) is 0 Å². The first-order chi connectivity index (χ1) is 5.25. The molecule has 0 amide bonds. The predicted molar refractivity (Wildman–Crippen MR) is 28.0 cm³/mol. The highest BCUT2D eigenvalue weighted by atomic mass is 16.5. The van der Waals surface area contributed by atoms with E-state index in [0.29, 0.717) is 0 Å². The van der Waals surface area contributed by atoms with Gasteiger partial charge in [-0.05, 0) is 6.92 Å². The van der Waals surface area contributed by atoms with Crippen LogP contribution in [0.2, 0.25) is 0 Å². The maximum atomic E-state index is 10.6. The third kappa shape index (κ3) is 2.36. The molecule has 1 unspecified atom stereocenters. The molecule has 3 nitrogen and oxygen atoms in total. The Balaban J connectivity index is 4.32. The SMILES string of the molecule is [2H]C([2H])=C([2H])OC(=O)C([2H])(C)O. The van der Waals surface area contributed by atoms with Crippen LogP contribution in [-0.2, 0) is 9.53 Å². The van der Waals surface area contributed by atoms with Crippen LogP contribution in [0.15, 0.2) is 12.8 Å². The summed E-state index contributed by atoms with van der Waals surface area (Å²) in [4.78, 5) is 10.6. The summed E-state index contributed by atoms with van der Waals surface area (Å²) in [5.41, 5.74) is 0. The standard InChI is InChI=1S/C5H8O3/c1-3-8-5(7)4(2)6/h3-4,6H,1H2,2H3/i1D2,3D,4D. The van der Waals surface area contributed by atoms with Crippen LogP contribution in [0.1, 0.15) is 12.4 Å². The molecule has 0 aromatic carbocycles. The first-order valence-electron chi connectivity index (χ1n) is 3.84. The first-order valence-corrected chi connectivity index (χ1v) is 1.84. The van der Waals surface area contributed by atoms with Gasteiger partial charge in [-0.1, -0.05) is 6.53 Å². The topological polar surface area (TPSA) is 46.5 Å². The average molecular weight is 120 g/mol. The smallest absolute Gasteiger partial charge is 0.339 e. The number of esters is 1. The summed E-state index contributed by atoms with van der Waals surface area (Å²) in [6.45, 7) is -0.136. The van der Waals surface area contributed by atoms with Crippen molar-refractivity contribution in [1.82, 2.24) is 0 Å². The Hall–Kier alpha value is -0.830. The molecule has 0 aromatic heterocycles. The van der Waals surface area contributed by atoms with Crippen LogP contribution in [0.25, 0.3) is 0 Å². The van der Waals surface area contributed by atoms with Gasteiger partial charge in [-0.3, -0.25) is 0 Å². The van der Waals surface area contributed by atoms with Gasteiger partial charge >= 0.3 is 5.97 Å². The van der Waals surface area contributed by atoms with E-state index in [9.17, 15) is 4.79 Å². The lowest BCUT2D eigenvalue weighted by Gasteiger charge is -1.98. The van der Waals surface area contributed by atoms with Crippen LogP contribution in [0.3, 0.4) is 0 Å². The Labute approximate surface area is 53.2 Å². The minimum Gasteiger partial charge on any atom is -0.433 e. The molecule has 0 fully saturated rings. The van der Waals surface area contributed by atoms with E-state index in [2.05, 4.69) is 4.74 Å². The zero-order valence-electron chi connectivity index (χ0n) is 8.26. The molecule has 0 bridgehead atoms. The summed E-state index contributed by atoms with van der Waals surface area (Å²) in [6.07, 6.45) is -3.45. The van der Waals surface area contributed by atoms with Crippen molar-refractivity contribution in [2.75, 3.05) is 0 Å². The molecule has 0 rings (SSSR count). The first kappa shape index (κ1) is 2.64. The largest absolute Gasteiger partial charge is 0.433 e. The van der Waals surface area contributed by atoms with Gasteiger partial charge in [0.25, 0.3) is 0 Å². The van der Waals surface area contributed by atoms with Crippen molar-refractivity contribution in [3.8, 4) is 0 Å². The molecule has 0 spiro atoms. The van der Waals surface area contributed by atoms with Crippen molar-refractivity contribution >= 4 is 5.97 Å². The predicted octanol–water partition coefficient (Wildman–Crippen LogP) is 0.0539. The molecule has 1 atom stereocenters. The zero-order valence-corrected chi connectivity index (χ0v) is 4.26. The fourth-order valence-electron chi connectivity index (χ4n) is 0.120. The molecule has 0 aliphatic rings. The third-order valence-electron chi connectivity index (χ3n) is 0.439. The molecular weight excluding hydrogens is 108 g/mol. The fraction of sp³-hybridized carbons (Fsp3) is 0.400. The van der Waals surface area contributed by atoms with E-state index in [-0.39, 0.29) is 0 Å². The molecular formula is C5H8O3. The van der Waals surface area contributed by atoms with Gasteiger partial charge in [-0.2, -0.15) is 0 Å². The molecule has 8 heavy (non-hydrogen) atoms. The Kier molecular flexibility index (Phi) is 1.06. The molecule has 0 radical (unpaired) electrons. The van der Waals surface area contributed by atoms with Crippen molar-refractivity contribution in [3.63, 3.8) is 0 Å². The van der Waals surface area contributed by atoms with E-state index in [1.54, 1.807) is 0 Å². The highest BCUT2D eigenvalue weighted by Crippen LogP contribution is 1.84. The molecule has 0 heterocycles. The Morgan fingerprint density at radius 3 is 3.50 bits per heavy atom. The molecule has 3 heteroatoms. The lowest BCUT2D eigenvalue weighted by Crippen LogP contribution is -2.16. The van der Waals surface area contributed by atoms with Crippen LogP contribution in [0.5, 0.6) is 0 Å². The highest BCUT2D eigenvalue weighted by molar-refractivity contribution is 5.74. The number of ether oxygens (including phenoxy) is 1. The van der Waals surface area contributed by atoms with Gasteiger partial charge in [-0.25, -0.2) is 4.79 Å². The second kappa shape index (κ2) is 3.21. The average Bonchev–Trinajstić information content (AvgIpc) is 1.85. The third-order valence-corrected chi connectivity index (χ3v) is 0.439. The fourth-order valence-corrected chi connectivity index (χ4v) is 0.120. The molecule has 0 saturated carbocycles. The Morgan fingerprint density at radius 1 is 2.50 bits per heavy atom. The summed E-state index contributed by atoms with van der Waals surface area (Å²) in [5, 5.41) is 8.68. The minimum atomic E-state index is -2.46. The monoisotopic (exact) mass is 120 g/mol. The summed E-state index contributed by atoms with van der Waals surface area (Å²) < 4.78 is 30.4. The van der Waals surface area contributed by atoms with E-state index in [1.165, 1.54) is 0 Å². The van der Waals surface area contributed by atoms with Crippen LogP contribution in [0.4, 0.5) is 0 Å². The van der Waals surface area contributed by atoms with Gasteiger partial charge in [-0.15, -0.1) is 0 Å². The van der Waals surface area contributed by atoms with Gasteiger partial charge in [0, 0.05) is 0 Å². The molecule has 0 aliphatic carbocycles. The van der Waals surface area contributed by atoms with E-state index < -0.39 is 24.8 Å². The molecule has 0 saturated heterocycles. The second-order valence-corrected chi connectivity index (χ2v) is 1.08. The number of carbonyl (C=O) groups is 1. The highest BCUT2D eigenvalue weighted by Gasteiger charge is 2.06. The Morgan fingerprint density at radius 2 is 3.12 bits per heavy atom. The van der Waals surface area contributed by atoms with Gasteiger partial charge in [0.1, 0.15) is 7.45 Å². The zero-order chi connectivity index (χ0) is 9.94. The number of hydrogen-bond acceptors (Lipinski definition) is 3. The molecule has 0 aliphatic heterocycles. The quantitative estimate of drug-likeness (QED) is 0.414. The van der Waals surface area contributed by atoms with Crippen LogP contribution < -0.4 is 0 Å². The summed E-state index contributed by atoms with van der Waals surface area (Å²) >= 11 is 0. The number of rotatable bonds is 2. The lowest BCUT2D eigenvalue weighted by atomic mass is 10.4. The lowest BCUT2D eigenvalue weighted by molar-refractivity contribution is -0.146. The number of hydrogen-bond donors (Lipinski definition) is 1. The van der Waals surface area contributed by atoms with Gasteiger partial charge < -0.3 is 9.84 Å². The number of carbonyl (C=O) groups excluding carboxylic acids is 1. The van der Waals surface area contributed by atoms with Gasteiger partial charge in [0.2, 0.25) is 0 Å². The normalized spacial score (nSPS) is 22.8. The van der Waals surface area contributed by atoms with Crippen molar-refractivity contribution in [3.05, 3.63) is 12.8 Å². The summed E-state index contributed by atoms with van der Waals surface area (Å²) in [6, 6.07) is 0. The second-order valence-electron chi connectivity index (χ2n) is 1.08. The van der Waals surface area contributed by atoms with Crippen molar-refractivity contribution in [2.24, 2.45) is 0 Å². The molecule has 1 N–H and O–H groups in total. The maximum Gasteiger partial charge on any atom is 0.339 e. The maximum absolute atomic E-state index is 10.6. The van der Waals surface area contributed by atoms with Crippen LogP contribution >= 0.6 is 0 Å². The Bertz CT molecular complexity index is 213. The summed E-state index contributed by atoms with van der Waals surface area (Å²) in [7, 11) is 0. The van der Waals surface area contributed by atoms with Crippen molar-refractivity contribution < 1.29 is 20.1 Å². The minimum absolute atomic E-state index is 0.857. The van der Waals surface area contributed by atoms with Gasteiger partial charge in [0.05, 0.1) is 10.4 Å². The van der Waals surface area contributed by atoms with Crippen molar-refractivity contribution in [2.45, 2.75) is 13.0 Å². The van der Waals surface area contributed by atoms with E-state index in [1.807, 2.05) is 0 Å². The van der Waals surface area contributed by atoms with E-state index in [0.717, 1.165) is 6.92 Å².